The van der Waals surface area contributed by atoms with Gasteiger partial charge in [-0.3, -0.25) is 14.0 Å². The summed E-state index contributed by atoms with van der Waals surface area (Å²) in [6.07, 6.45) is 0.717. The number of carbonyl (C=O) groups excluding carboxylic acids is 1. The number of benzene rings is 1. The van der Waals surface area contributed by atoms with Gasteiger partial charge in [-0.05, 0) is 37.6 Å². The summed E-state index contributed by atoms with van der Waals surface area (Å²) in [6, 6.07) is 7.39. The minimum atomic E-state index is -0.308. The first kappa shape index (κ1) is 17.9. The number of methoxy groups -OCH3 is 2. The van der Waals surface area contributed by atoms with E-state index in [0.29, 0.717) is 30.9 Å². The molecule has 3 aromatic rings. The molecule has 8 nitrogen and oxygen atoms in total. The number of aryl methyl sites for hydroxylation is 1. The third kappa shape index (κ3) is 3.41. The Morgan fingerprint density at radius 1 is 1.23 bits per heavy atom. The molecule has 3 rings (SSSR count). The molecule has 138 valence electrons. The van der Waals surface area contributed by atoms with Gasteiger partial charge in [-0.15, -0.1) is 0 Å². The average molecular weight is 358 g/mol. The predicted molar refractivity (Wildman–Crippen MR) is 97.7 cm³/mol. The van der Waals surface area contributed by atoms with Gasteiger partial charge in [0, 0.05) is 25.6 Å². The maximum atomic E-state index is 12.8. The Morgan fingerprint density at radius 3 is 2.77 bits per heavy atom. The van der Waals surface area contributed by atoms with Crippen LogP contribution in [-0.4, -0.2) is 47.5 Å². The molecular formula is C18H22N4O4. The van der Waals surface area contributed by atoms with Crippen LogP contribution >= 0.6 is 0 Å². The summed E-state index contributed by atoms with van der Waals surface area (Å²) in [5.41, 5.74) is 1.05. The lowest BCUT2D eigenvalue weighted by molar-refractivity contribution is -0.121. The highest BCUT2D eigenvalue weighted by molar-refractivity contribution is 5.88. The Labute approximate surface area is 150 Å². The van der Waals surface area contributed by atoms with Gasteiger partial charge in [-0.25, -0.2) is 4.68 Å². The fourth-order valence-corrected chi connectivity index (χ4v) is 2.97. The van der Waals surface area contributed by atoms with E-state index in [9.17, 15) is 9.59 Å². The van der Waals surface area contributed by atoms with Crippen LogP contribution in [0.3, 0.4) is 0 Å². The molecule has 2 heterocycles. The number of nitrogens with one attached hydrogen (secondary N) is 1. The highest BCUT2D eigenvalue weighted by atomic mass is 16.5. The van der Waals surface area contributed by atoms with Gasteiger partial charge in [0.1, 0.15) is 23.6 Å². The number of nitrogens with zero attached hydrogens (tertiary/aromatic N) is 3. The van der Waals surface area contributed by atoms with E-state index in [1.807, 2.05) is 25.1 Å². The van der Waals surface area contributed by atoms with E-state index in [1.165, 1.54) is 4.68 Å². The number of hydrogen-bond acceptors (Lipinski definition) is 5. The fraction of sp³-hybridized carbons (Fsp3) is 0.389. The van der Waals surface area contributed by atoms with E-state index in [4.69, 9.17) is 9.47 Å². The van der Waals surface area contributed by atoms with Crippen molar-refractivity contribution >= 4 is 22.3 Å². The number of aromatic nitrogens is 3. The van der Waals surface area contributed by atoms with Crippen LogP contribution < -0.4 is 15.6 Å². The van der Waals surface area contributed by atoms with Gasteiger partial charge in [0.15, 0.2) is 0 Å². The van der Waals surface area contributed by atoms with Crippen molar-refractivity contribution in [1.82, 2.24) is 19.5 Å². The molecule has 0 saturated carbocycles. The number of rotatable bonds is 7. The zero-order valence-corrected chi connectivity index (χ0v) is 15.1. The van der Waals surface area contributed by atoms with Crippen molar-refractivity contribution in [3.8, 4) is 5.75 Å². The van der Waals surface area contributed by atoms with Gasteiger partial charge in [-0.1, -0.05) is 0 Å². The first-order valence-corrected chi connectivity index (χ1v) is 8.37. The highest BCUT2D eigenvalue weighted by Crippen LogP contribution is 2.23. The Hall–Kier alpha value is -2.87. The lowest BCUT2D eigenvalue weighted by Gasteiger charge is -2.09. The number of carbonyl (C=O) groups is 1. The minimum Gasteiger partial charge on any atom is -0.497 e. The molecule has 1 N–H and O–H groups in total. The lowest BCUT2D eigenvalue weighted by Crippen LogP contribution is -2.35. The Morgan fingerprint density at radius 2 is 2.04 bits per heavy atom. The van der Waals surface area contributed by atoms with E-state index >= 15 is 0 Å². The van der Waals surface area contributed by atoms with Crippen LogP contribution in [0.4, 0.5) is 0 Å². The van der Waals surface area contributed by atoms with Crippen LogP contribution in [0.25, 0.3) is 16.4 Å². The molecule has 0 aliphatic carbocycles. The van der Waals surface area contributed by atoms with E-state index in [0.717, 1.165) is 16.7 Å². The summed E-state index contributed by atoms with van der Waals surface area (Å²) in [4.78, 5) is 24.8. The van der Waals surface area contributed by atoms with Crippen LogP contribution in [-0.2, 0) is 16.1 Å². The average Bonchev–Trinajstić information content (AvgIpc) is 3.02. The quantitative estimate of drug-likeness (QED) is 0.640. The second-order valence-corrected chi connectivity index (χ2v) is 6.00. The van der Waals surface area contributed by atoms with Crippen LogP contribution in [0.2, 0.25) is 0 Å². The first-order chi connectivity index (χ1) is 12.5. The van der Waals surface area contributed by atoms with Crippen molar-refractivity contribution in [2.24, 2.45) is 0 Å². The molecule has 8 heteroatoms. The molecule has 0 atom stereocenters. The zero-order chi connectivity index (χ0) is 18.7. The topological polar surface area (TPSA) is 86.9 Å². The van der Waals surface area contributed by atoms with Gasteiger partial charge in [0.2, 0.25) is 5.91 Å². The highest BCUT2D eigenvalue weighted by Gasteiger charge is 2.14. The maximum Gasteiger partial charge on any atom is 0.291 e. The summed E-state index contributed by atoms with van der Waals surface area (Å²) in [5, 5.41) is 7.94. The standard InChI is InChI=1S/C18H22N4O4/c1-12-20-21(11-17(23)19-7-4-8-25-2)18(24)16-10-13-9-14(26-3)5-6-15(13)22(12)16/h5-6,9-10H,4,7-8,11H2,1-3H3,(H,19,23). The molecule has 0 aliphatic rings. The molecule has 0 spiro atoms. The molecule has 0 saturated heterocycles. The van der Waals surface area contributed by atoms with Crippen LogP contribution in [0.1, 0.15) is 12.2 Å². The van der Waals surface area contributed by atoms with Gasteiger partial charge in [0.05, 0.1) is 12.6 Å². The van der Waals surface area contributed by atoms with Crippen molar-refractivity contribution in [3.05, 3.63) is 40.4 Å². The van der Waals surface area contributed by atoms with Gasteiger partial charge >= 0.3 is 0 Å². The summed E-state index contributed by atoms with van der Waals surface area (Å²) in [6.45, 7) is 2.76. The molecule has 0 aliphatic heterocycles. The zero-order valence-electron chi connectivity index (χ0n) is 15.1. The molecular weight excluding hydrogens is 336 g/mol. The number of hydrogen-bond donors (Lipinski definition) is 1. The molecule has 0 radical (unpaired) electrons. The van der Waals surface area contributed by atoms with Crippen molar-refractivity contribution in [1.29, 1.82) is 0 Å². The third-order valence-electron chi connectivity index (χ3n) is 4.19. The van der Waals surface area contributed by atoms with Gasteiger partial charge in [-0.2, -0.15) is 5.10 Å². The first-order valence-electron chi connectivity index (χ1n) is 8.37. The Kier molecular flexibility index (Phi) is 5.22. The molecule has 1 amide bonds. The number of fused-ring (bicyclic) bond motifs is 3. The van der Waals surface area contributed by atoms with Gasteiger partial charge < -0.3 is 14.8 Å². The normalized spacial score (nSPS) is 11.2. The molecule has 2 aromatic heterocycles. The van der Waals surface area contributed by atoms with E-state index in [1.54, 1.807) is 24.7 Å². The number of ether oxygens (including phenoxy) is 2. The van der Waals surface area contributed by atoms with Crippen LogP contribution in [0.5, 0.6) is 5.75 Å². The number of amides is 1. The van der Waals surface area contributed by atoms with E-state index in [-0.39, 0.29) is 18.0 Å². The Balaban J connectivity index is 1.93. The molecule has 0 unspecified atom stereocenters. The molecule has 0 fully saturated rings. The van der Waals surface area contributed by atoms with Crippen LogP contribution in [0, 0.1) is 6.92 Å². The second kappa shape index (κ2) is 7.57. The summed E-state index contributed by atoms with van der Waals surface area (Å²) in [7, 11) is 3.21. The predicted octanol–water partition coefficient (Wildman–Crippen LogP) is 1.12. The monoisotopic (exact) mass is 358 g/mol. The summed E-state index contributed by atoms with van der Waals surface area (Å²) < 4.78 is 13.2. The third-order valence-corrected chi connectivity index (χ3v) is 4.19. The smallest absolute Gasteiger partial charge is 0.291 e. The molecule has 0 bridgehead atoms. The van der Waals surface area contributed by atoms with E-state index in [2.05, 4.69) is 10.4 Å². The van der Waals surface area contributed by atoms with Crippen molar-refractivity contribution in [3.63, 3.8) is 0 Å². The second-order valence-electron chi connectivity index (χ2n) is 6.00. The Bertz CT molecular complexity index is 1010. The lowest BCUT2D eigenvalue weighted by atomic mass is 10.2. The summed E-state index contributed by atoms with van der Waals surface area (Å²) >= 11 is 0. The van der Waals surface area contributed by atoms with Crippen molar-refractivity contribution in [2.75, 3.05) is 27.4 Å². The SMILES string of the molecule is COCCCNC(=O)Cn1nc(C)n2c(cc3cc(OC)ccc32)c1=O. The molecule has 26 heavy (non-hydrogen) atoms. The summed E-state index contributed by atoms with van der Waals surface area (Å²) in [5.74, 6) is 1.10. The van der Waals surface area contributed by atoms with Gasteiger partial charge in [0.25, 0.3) is 5.56 Å². The minimum absolute atomic E-state index is 0.117. The fourth-order valence-electron chi connectivity index (χ4n) is 2.97. The van der Waals surface area contributed by atoms with Crippen molar-refractivity contribution < 1.29 is 14.3 Å². The maximum absolute atomic E-state index is 12.8. The van der Waals surface area contributed by atoms with Crippen molar-refractivity contribution in [2.45, 2.75) is 19.9 Å². The van der Waals surface area contributed by atoms with Crippen LogP contribution in [0.15, 0.2) is 29.1 Å². The van der Waals surface area contributed by atoms with E-state index < -0.39 is 0 Å². The molecule has 1 aromatic carbocycles. The largest absolute Gasteiger partial charge is 0.497 e.